The van der Waals surface area contributed by atoms with Gasteiger partial charge in [-0.2, -0.15) is 0 Å². The Hall–Kier alpha value is -7.85. The normalized spacial score (nSPS) is 21.1. The minimum absolute atomic E-state index is 0. The van der Waals surface area contributed by atoms with Crippen molar-refractivity contribution in [1.82, 2.24) is 0 Å². The molecule has 0 aliphatic heterocycles. The van der Waals surface area contributed by atoms with E-state index in [2.05, 4.69) is 395 Å². The Kier molecular flexibility index (Phi) is 20.5. The number of allylic oxidation sites excluding steroid dienone is 27. The molecule has 0 spiro atoms. The van der Waals surface area contributed by atoms with Gasteiger partial charge in [0.1, 0.15) is 5.57 Å². The molecular formula is C103H117Li+2. The van der Waals surface area contributed by atoms with Gasteiger partial charge in [0.2, 0.25) is 0 Å². The summed E-state index contributed by atoms with van der Waals surface area (Å²) in [5, 5.41) is 0. The minimum atomic E-state index is -0.275. The van der Waals surface area contributed by atoms with Crippen LogP contribution >= 0.6 is 0 Å². The van der Waals surface area contributed by atoms with E-state index in [0.29, 0.717) is 11.8 Å². The fourth-order valence-electron chi connectivity index (χ4n) is 18.1. The van der Waals surface area contributed by atoms with Gasteiger partial charge >= 0.3 is 18.9 Å². The first-order chi connectivity index (χ1) is 48.4. The predicted molar refractivity (Wildman–Crippen MR) is 447 cm³/mol. The van der Waals surface area contributed by atoms with E-state index in [4.69, 9.17) is 0 Å². The van der Waals surface area contributed by atoms with Gasteiger partial charge < -0.3 is 0 Å². The van der Waals surface area contributed by atoms with Gasteiger partial charge in [-0.1, -0.05) is 370 Å². The van der Waals surface area contributed by atoms with Crippen LogP contribution in [0.15, 0.2) is 278 Å². The second kappa shape index (κ2) is 28.1. The van der Waals surface area contributed by atoms with Gasteiger partial charge in [0.25, 0.3) is 0 Å². The summed E-state index contributed by atoms with van der Waals surface area (Å²) < 4.78 is 0. The Bertz CT molecular complexity index is 4370. The zero-order valence-corrected chi connectivity index (χ0v) is 67.3. The molecule has 9 aliphatic rings. The molecule has 6 aromatic carbocycles. The fraction of sp³-hybridized carbons (Fsp3) is 0.369. The van der Waals surface area contributed by atoms with Gasteiger partial charge in [-0.05, 0) is 187 Å². The molecule has 0 saturated heterocycles. The third-order valence-corrected chi connectivity index (χ3v) is 24.9. The van der Waals surface area contributed by atoms with E-state index in [1.165, 1.54) is 123 Å². The van der Waals surface area contributed by atoms with Gasteiger partial charge in [0.05, 0.1) is 23.8 Å². The molecule has 1 heteroatoms. The quantitative estimate of drug-likeness (QED) is 0.1000. The molecule has 0 amide bonds. The van der Waals surface area contributed by atoms with Crippen LogP contribution < -0.4 is 18.9 Å². The Morgan fingerprint density at radius 2 is 0.740 bits per heavy atom. The predicted octanol–water partition coefficient (Wildman–Crippen LogP) is 24.7. The molecule has 6 atom stereocenters. The average molecular weight is 1360 g/mol. The summed E-state index contributed by atoms with van der Waals surface area (Å²) in [4.78, 5) is 0. The molecule has 528 valence electrons. The van der Waals surface area contributed by atoms with Crippen molar-refractivity contribution in [2.45, 2.75) is 196 Å². The second-order valence-corrected chi connectivity index (χ2v) is 38.0. The molecule has 15 rings (SSSR count). The van der Waals surface area contributed by atoms with Crippen LogP contribution in [0.4, 0.5) is 0 Å². The van der Waals surface area contributed by atoms with Crippen LogP contribution in [-0.2, 0) is 32.5 Å². The first kappa shape index (κ1) is 75.8. The van der Waals surface area contributed by atoms with Crippen LogP contribution in [0.5, 0.6) is 0 Å². The van der Waals surface area contributed by atoms with Crippen LogP contribution in [0, 0.1) is 52.8 Å². The number of hydrogen-bond donors (Lipinski definition) is 0. The van der Waals surface area contributed by atoms with Crippen molar-refractivity contribution in [3.63, 3.8) is 0 Å². The van der Waals surface area contributed by atoms with Gasteiger partial charge in [-0.25, -0.2) is 0 Å². The van der Waals surface area contributed by atoms with Crippen molar-refractivity contribution in [3.05, 3.63) is 351 Å². The molecule has 0 nitrogen and oxygen atoms in total. The fourth-order valence-corrected chi connectivity index (χ4v) is 18.1. The Morgan fingerprint density at radius 3 is 1.09 bits per heavy atom. The van der Waals surface area contributed by atoms with Crippen molar-refractivity contribution in [1.29, 1.82) is 0 Å². The third-order valence-electron chi connectivity index (χ3n) is 24.9. The maximum atomic E-state index is 4.22. The van der Waals surface area contributed by atoms with Crippen molar-refractivity contribution in [2.24, 2.45) is 46.3 Å². The molecule has 9 aliphatic carbocycles. The van der Waals surface area contributed by atoms with Gasteiger partial charge in [0.15, 0.2) is 0 Å². The molecule has 0 heterocycles. The Balaban J connectivity index is 0.000000195. The molecule has 6 aromatic rings. The average Bonchev–Trinajstić information content (AvgIpc) is 1.53. The molecule has 1 saturated carbocycles. The molecule has 1 fully saturated rings. The van der Waals surface area contributed by atoms with Crippen LogP contribution in [0.2, 0.25) is 0 Å². The smallest absolute Gasteiger partial charge is 0.0805 e. The van der Waals surface area contributed by atoms with E-state index in [1.54, 1.807) is 0 Å². The third kappa shape index (κ3) is 14.4. The summed E-state index contributed by atoms with van der Waals surface area (Å²) in [7, 11) is 0. The van der Waals surface area contributed by atoms with Crippen LogP contribution in [0.25, 0.3) is 33.4 Å². The molecule has 6 unspecified atom stereocenters. The molecule has 104 heavy (non-hydrogen) atoms. The van der Waals surface area contributed by atoms with Gasteiger partial charge in [-0.15, -0.1) is 0 Å². The topological polar surface area (TPSA) is 0 Å². The first-order valence-electron chi connectivity index (χ1n) is 38.7. The Morgan fingerprint density at radius 1 is 0.375 bits per heavy atom. The van der Waals surface area contributed by atoms with E-state index in [9.17, 15) is 0 Å². The first-order valence-corrected chi connectivity index (χ1v) is 38.7. The monoisotopic (exact) mass is 1360 g/mol. The molecular weight excluding hydrogens is 1240 g/mol. The summed E-state index contributed by atoms with van der Waals surface area (Å²) in [5.74, 6) is 3.68. The van der Waals surface area contributed by atoms with E-state index >= 15 is 0 Å². The maximum absolute atomic E-state index is 4.22. The van der Waals surface area contributed by atoms with Crippen LogP contribution in [-0.4, -0.2) is 0 Å². The SMILES string of the molecule is C=C(C1=C[CH+]C=C1)c1cccc(C(C)=C2C=CC=C2)c1.CC(C)(C)C1=CC2C(C=C1)CC1C=CC(C(C)(C)C)=CC12.CC(C)(C)c1ccc2c(c1)-c1cc(C(C)(C)C)ccc1C2C(C)(c1cccc(C(C)(C2C=CC=C2)C2c3ccc(C(C)(C)C)cc3-c3cc(C(C)(C)C)ccc32)c1)C1C=CC=C1.[Li+]. The molecule has 0 aromatic heterocycles. The van der Waals surface area contributed by atoms with Crippen molar-refractivity contribution < 1.29 is 18.9 Å². The van der Waals surface area contributed by atoms with Crippen molar-refractivity contribution in [3.8, 4) is 22.3 Å². The van der Waals surface area contributed by atoms with E-state index in [-0.39, 0.29) is 85.9 Å². The van der Waals surface area contributed by atoms with Crippen LogP contribution in [0.1, 0.15) is 230 Å². The van der Waals surface area contributed by atoms with E-state index in [0.717, 1.165) is 17.4 Å². The van der Waals surface area contributed by atoms with Crippen molar-refractivity contribution in [2.75, 3.05) is 0 Å². The van der Waals surface area contributed by atoms with Gasteiger partial charge in [0, 0.05) is 40.9 Å². The maximum Gasteiger partial charge on any atom is 1.00 e. The molecule has 0 N–H and O–H groups in total. The van der Waals surface area contributed by atoms with Crippen molar-refractivity contribution >= 4 is 11.1 Å². The van der Waals surface area contributed by atoms with E-state index < -0.39 is 0 Å². The zero-order chi connectivity index (χ0) is 73.7. The standard InChI is InChI=1S/C62H70.C21H30.C20H17.Li/c1-57(2,3)41-26-30-47-51(35-41)52-36-42(58(4,5)6)27-31-48(52)55(47)61(13,39-20-15-16-21-39)45-24-19-25-46(34-45)62(14,40-22-17-18-23-40)56-49-32-28-43(59(7,8)9)37-53(49)54-38-44(60(10,11)12)29-33-50(54)56;1-20(2,3)16-9-7-14-11-15-8-10-17(21(4,5)6)13-19(15)18(14)12-16;1-15(17-8-3-4-9-17)19-12-7-13-20(14-19)16(2)18-10-5-6-11-18;/h15-40,55-56H,1-14H3;7-10,12-15,18-19H,11H2,1-6H3;3-14H,1H2,2H3;/q;;2*+1. The number of fused-ring (bicyclic) bond motifs is 9. The largest absolute Gasteiger partial charge is 1.00 e. The summed E-state index contributed by atoms with van der Waals surface area (Å²) >= 11 is 0. The summed E-state index contributed by atoms with van der Waals surface area (Å²) in [6.45, 7) is 53.6. The Labute approximate surface area is 641 Å². The van der Waals surface area contributed by atoms with Gasteiger partial charge in [-0.3, -0.25) is 0 Å². The molecule has 0 radical (unpaired) electrons. The number of benzene rings is 6. The molecule has 0 bridgehead atoms. The summed E-state index contributed by atoms with van der Waals surface area (Å²) in [6.07, 6.45) is 51.9. The number of rotatable bonds is 9. The van der Waals surface area contributed by atoms with Crippen LogP contribution in [0.3, 0.4) is 0 Å². The minimum Gasteiger partial charge on any atom is -0.0805 e. The number of hydrogen-bond acceptors (Lipinski definition) is 0. The second-order valence-electron chi connectivity index (χ2n) is 38.0. The van der Waals surface area contributed by atoms with E-state index in [1.807, 2.05) is 12.5 Å². The summed E-state index contributed by atoms with van der Waals surface area (Å²) in [6, 6.07) is 48.3. The zero-order valence-electron chi connectivity index (χ0n) is 67.3. The summed E-state index contributed by atoms with van der Waals surface area (Å²) in [5.41, 5.74) is 30.3.